The highest BCUT2D eigenvalue weighted by atomic mass is 32.2. The van der Waals surface area contributed by atoms with Gasteiger partial charge in [0.05, 0.1) is 22.2 Å². The van der Waals surface area contributed by atoms with E-state index in [0.717, 1.165) is 36.2 Å². The summed E-state index contributed by atoms with van der Waals surface area (Å²) in [4.78, 5) is 23.2. The Balaban J connectivity index is 1.71. The van der Waals surface area contributed by atoms with Crippen molar-refractivity contribution in [1.82, 2.24) is 19.2 Å². The van der Waals surface area contributed by atoms with Gasteiger partial charge >= 0.3 is 0 Å². The minimum absolute atomic E-state index is 0.139. The van der Waals surface area contributed by atoms with Crippen LogP contribution in [-0.2, 0) is 23.0 Å². The van der Waals surface area contributed by atoms with Gasteiger partial charge in [0.15, 0.2) is 0 Å². The Bertz CT molecular complexity index is 1140. The van der Waals surface area contributed by atoms with E-state index in [1.54, 1.807) is 12.1 Å². The fourth-order valence-corrected chi connectivity index (χ4v) is 6.29. The van der Waals surface area contributed by atoms with Crippen molar-refractivity contribution in [3.63, 3.8) is 0 Å². The van der Waals surface area contributed by atoms with Crippen molar-refractivity contribution in [2.75, 3.05) is 13.1 Å². The number of hydrogen-bond donors (Lipinski definition) is 1. The van der Waals surface area contributed by atoms with Gasteiger partial charge in [-0.15, -0.1) is 0 Å². The van der Waals surface area contributed by atoms with Gasteiger partial charge in [-0.3, -0.25) is 9.69 Å². The number of fused-ring (bicyclic) bond motifs is 1. The van der Waals surface area contributed by atoms with E-state index < -0.39 is 16.1 Å². The highest BCUT2D eigenvalue weighted by molar-refractivity contribution is 7.89. The van der Waals surface area contributed by atoms with E-state index in [-0.39, 0.29) is 5.56 Å². The number of aryl methyl sites for hydroxylation is 2. The van der Waals surface area contributed by atoms with Gasteiger partial charge in [-0.2, -0.15) is 4.31 Å². The first kappa shape index (κ1) is 22.2. The quantitative estimate of drug-likeness (QED) is 0.783. The molecule has 8 heteroatoms. The van der Waals surface area contributed by atoms with Crippen molar-refractivity contribution < 1.29 is 8.42 Å². The van der Waals surface area contributed by atoms with Crippen LogP contribution in [0.4, 0.5) is 0 Å². The Labute approximate surface area is 184 Å². The van der Waals surface area contributed by atoms with E-state index in [1.807, 2.05) is 19.9 Å². The number of aromatic amines is 1. The van der Waals surface area contributed by atoms with Gasteiger partial charge < -0.3 is 4.98 Å². The smallest absolute Gasteiger partial charge is 0.255 e. The summed E-state index contributed by atoms with van der Waals surface area (Å²) in [5.41, 5.74) is 3.39. The second kappa shape index (κ2) is 8.48. The zero-order valence-corrected chi connectivity index (χ0v) is 19.6. The standard InChI is InChI=1S/C23H32N4O3S/c1-15(2)26-12-10-20-19(14-26)23(28)25-22(24-20)21-7-5-6-11-27(21)31(29,30)18-9-8-16(3)17(4)13-18/h8-9,13,15,21H,5-7,10-12,14H2,1-4H3,(H,24,25,28)/t21-/m0/s1. The lowest BCUT2D eigenvalue weighted by atomic mass is 10.0. The SMILES string of the molecule is Cc1ccc(S(=O)(=O)N2CCCC[C@H]2c2nc3c(c(=O)[nH]2)CN(C(C)C)CC3)cc1C. The van der Waals surface area contributed by atoms with Gasteiger partial charge in [-0.1, -0.05) is 12.5 Å². The largest absolute Gasteiger partial charge is 0.309 e. The van der Waals surface area contributed by atoms with E-state index in [4.69, 9.17) is 4.98 Å². The second-order valence-corrected chi connectivity index (χ2v) is 11.0. The first-order valence-corrected chi connectivity index (χ1v) is 12.6. The molecule has 1 fully saturated rings. The molecule has 1 N–H and O–H groups in total. The molecule has 0 radical (unpaired) electrons. The molecule has 0 bridgehead atoms. The molecular formula is C23H32N4O3S. The van der Waals surface area contributed by atoms with Crippen LogP contribution in [0.2, 0.25) is 0 Å². The Morgan fingerprint density at radius 2 is 1.90 bits per heavy atom. The highest BCUT2D eigenvalue weighted by Crippen LogP contribution is 2.34. The number of benzene rings is 1. The number of nitrogens with one attached hydrogen (secondary N) is 1. The van der Waals surface area contributed by atoms with E-state index in [9.17, 15) is 13.2 Å². The third kappa shape index (κ3) is 4.21. The maximum Gasteiger partial charge on any atom is 0.255 e. The molecule has 0 saturated carbocycles. The number of piperidine rings is 1. The van der Waals surface area contributed by atoms with Gasteiger partial charge in [0.2, 0.25) is 10.0 Å². The van der Waals surface area contributed by atoms with Crippen LogP contribution in [0.25, 0.3) is 0 Å². The Morgan fingerprint density at radius 1 is 1.13 bits per heavy atom. The number of aromatic nitrogens is 2. The summed E-state index contributed by atoms with van der Waals surface area (Å²) in [6.45, 7) is 10.0. The van der Waals surface area contributed by atoms with Crippen LogP contribution in [0, 0.1) is 13.8 Å². The van der Waals surface area contributed by atoms with Crippen LogP contribution in [0.3, 0.4) is 0 Å². The second-order valence-electron chi connectivity index (χ2n) is 9.06. The third-order valence-corrected chi connectivity index (χ3v) is 8.61. The summed E-state index contributed by atoms with van der Waals surface area (Å²) in [7, 11) is -3.69. The fraction of sp³-hybridized carbons (Fsp3) is 0.565. The lowest BCUT2D eigenvalue weighted by Crippen LogP contribution is -2.42. The average Bonchev–Trinajstić information content (AvgIpc) is 2.75. The maximum absolute atomic E-state index is 13.5. The molecule has 2 aliphatic rings. The molecule has 0 amide bonds. The zero-order valence-electron chi connectivity index (χ0n) is 18.8. The molecular weight excluding hydrogens is 412 g/mol. The molecule has 1 aromatic heterocycles. The summed E-state index contributed by atoms with van der Waals surface area (Å²) in [5.74, 6) is 0.480. The minimum atomic E-state index is -3.69. The van der Waals surface area contributed by atoms with Crippen LogP contribution in [0.1, 0.15) is 67.4 Å². The molecule has 2 aliphatic heterocycles. The van der Waals surface area contributed by atoms with Gasteiger partial charge in [-0.25, -0.2) is 13.4 Å². The number of sulfonamides is 1. The highest BCUT2D eigenvalue weighted by Gasteiger charge is 2.36. The molecule has 1 aromatic carbocycles. The third-order valence-electron chi connectivity index (χ3n) is 6.70. The fourth-order valence-electron chi connectivity index (χ4n) is 4.54. The molecule has 4 rings (SSSR count). The van der Waals surface area contributed by atoms with Crippen LogP contribution in [0.5, 0.6) is 0 Å². The van der Waals surface area contributed by atoms with E-state index in [2.05, 4.69) is 23.7 Å². The van der Waals surface area contributed by atoms with Crippen molar-refractivity contribution in [2.24, 2.45) is 0 Å². The van der Waals surface area contributed by atoms with Crippen LogP contribution < -0.4 is 5.56 Å². The number of rotatable bonds is 4. The van der Waals surface area contributed by atoms with Crippen molar-refractivity contribution in [3.8, 4) is 0 Å². The number of hydrogen-bond acceptors (Lipinski definition) is 5. The predicted octanol–water partition coefficient (Wildman–Crippen LogP) is 3.07. The number of nitrogens with zero attached hydrogens (tertiary/aromatic N) is 3. The molecule has 0 unspecified atom stereocenters. The summed E-state index contributed by atoms with van der Waals surface area (Å²) >= 11 is 0. The zero-order chi connectivity index (χ0) is 22.3. The maximum atomic E-state index is 13.5. The van der Waals surface area contributed by atoms with Crippen LogP contribution in [0.15, 0.2) is 27.9 Å². The Morgan fingerprint density at radius 3 is 2.61 bits per heavy atom. The predicted molar refractivity (Wildman–Crippen MR) is 121 cm³/mol. The van der Waals surface area contributed by atoms with Gasteiger partial charge in [-0.05, 0) is 63.8 Å². The minimum Gasteiger partial charge on any atom is -0.309 e. The monoisotopic (exact) mass is 444 g/mol. The molecule has 0 spiro atoms. The number of H-pyrrole nitrogens is 1. The normalized spacial score (nSPS) is 20.7. The average molecular weight is 445 g/mol. The van der Waals surface area contributed by atoms with Crippen LogP contribution >= 0.6 is 0 Å². The molecule has 2 aromatic rings. The van der Waals surface area contributed by atoms with E-state index in [1.165, 1.54) is 4.31 Å². The Kier molecular flexibility index (Phi) is 6.07. The summed E-state index contributed by atoms with van der Waals surface area (Å²) < 4.78 is 28.6. The molecule has 1 atom stereocenters. The van der Waals surface area contributed by atoms with Crippen molar-refractivity contribution in [2.45, 2.75) is 76.9 Å². The van der Waals surface area contributed by atoms with Crippen molar-refractivity contribution in [3.05, 3.63) is 56.8 Å². The topological polar surface area (TPSA) is 86.4 Å². The molecule has 31 heavy (non-hydrogen) atoms. The van der Waals surface area contributed by atoms with Gasteiger partial charge in [0, 0.05) is 32.1 Å². The molecule has 1 saturated heterocycles. The Hall–Kier alpha value is -2.03. The molecule has 0 aliphatic carbocycles. The lowest BCUT2D eigenvalue weighted by Gasteiger charge is -2.35. The molecule has 7 nitrogen and oxygen atoms in total. The molecule has 3 heterocycles. The van der Waals surface area contributed by atoms with Gasteiger partial charge in [0.1, 0.15) is 5.82 Å². The lowest BCUT2D eigenvalue weighted by molar-refractivity contribution is 0.198. The summed E-state index contributed by atoms with van der Waals surface area (Å²) in [5, 5.41) is 0. The first-order valence-electron chi connectivity index (χ1n) is 11.1. The van der Waals surface area contributed by atoms with Crippen LogP contribution in [-0.4, -0.2) is 46.7 Å². The van der Waals surface area contributed by atoms with Crippen molar-refractivity contribution >= 4 is 10.0 Å². The molecule has 168 valence electrons. The van der Waals surface area contributed by atoms with Gasteiger partial charge in [0.25, 0.3) is 5.56 Å². The van der Waals surface area contributed by atoms with E-state index >= 15 is 0 Å². The summed E-state index contributed by atoms with van der Waals surface area (Å²) in [6.07, 6.45) is 3.08. The van der Waals surface area contributed by atoms with Crippen molar-refractivity contribution in [1.29, 1.82) is 0 Å². The first-order chi connectivity index (χ1) is 14.7. The summed E-state index contributed by atoms with van der Waals surface area (Å²) in [6, 6.07) is 5.18. The van der Waals surface area contributed by atoms with E-state index in [0.29, 0.717) is 48.3 Å².